The largest absolute Gasteiger partial charge is 0.466 e. The molecule has 2 fully saturated rings. The van der Waals surface area contributed by atoms with Crippen LogP contribution in [0.3, 0.4) is 0 Å². The van der Waals surface area contributed by atoms with Gasteiger partial charge in [-0.1, -0.05) is 0 Å². The SMILES string of the molecule is CCOC(=O)CCNC1CCC(CC2CCC(NCCC(=O)OCC)CC2)CC1. The van der Waals surface area contributed by atoms with Crippen LogP contribution in [0.4, 0.5) is 0 Å². The highest BCUT2D eigenvalue weighted by Crippen LogP contribution is 2.35. The predicted octanol–water partition coefficient (Wildman–Crippen LogP) is 3.58. The molecule has 0 aromatic rings. The van der Waals surface area contributed by atoms with Crippen LogP contribution >= 0.6 is 0 Å². The first-order valence-corrected chi connectivity index (χ1v) is 11.9. The molecule has 2 saturated carbocycles. The molecule has 0 aliphatic heterocycles. The number of ether oxygens (including phenoxy) is 2. The summed E-state index contributed by atoms with van der Waals surface area (Å²) in [5.74, 6) is 1.55. The molecule has 0 bridgehead atoms. The Bertz CT molecular complexity index is 427. The van der Waals surface area contributed by atoms with Gasteiger partial charge in [0.1, 0.15) is 0 Å². The third-order valence-electron chi connectivity index (χ3n) is 6.50. The van der Waals surface area contributed by atoms with Gasteiger partial charge >= 0.3 is 11.9 Å². The Morgan fingerprint density at radius 1 is 0.690 bits per heavy atom. The minimum atomic E-state index is -0.0975. The van der Waals surface area contributed by atoms with Crippen LogP contribution in [0.2, 0.25) is 0 Å². The van der Waals surface area contributed by atoms with Gasteiger partial charge in [-0.15, -0.1) is 0 Å². The van der Waals surface area contributed by atoms with Gasteiger partial charge in [0.2, 0.25) is 0 Å². The van der Waals surface area contributed by atoms with E-state index in [2.05, 4.69) is 10.6 Å². The van der Waals surface area contributed by atoms with E-state index in [1.165, 1.54) is 57.8 Å². The number of nitrogens with one attached hydrogen (secondary N) is 2. The van der Waals surface area contributed by atoms with Crippen molar-refractivity contribution in [3.05, 3.63) is 0 Å². The van der Waals surface area contributed by atoms with E-state index in [-0.39, 0.29) is 11.9 Å². The van der Waals surface area contributed by atoms with Gasteiger partial charge in [0.05, 0.1) is 26.1 Å². The number of carbonyl (C=O) groups is 2. The fraction of sp³-hybridized carbons (Fsp3) is 0.913. The third-order valence-corrected chi connectivity index (χ3v) is 6.50. The number of hydrogen-bond acceptors (Lipinski definition) is 6. The molecular formula is C23H42N2O4. The molecule has 2 rings (SSSR count). The standard InChI is InChI=1S/C23H42N2O4/c1-3-28-22(26)13-15-24-20-9-5-18(6-10-20)17-19-7-11-21(12-8-19)25-16-14-23(27)29-4-2/h18-21,24-25H,3-17H2,1-2H3. The zero-order valence-electron chi connectivity index (χ0n) is 18.5. The monoisotopic (exact) mass is 410 g/mol. The van der Waals surface area contributed by atoms with Crippen LogP contribution in [0.1, 0.15) is 84.5 Å². The zero-order chi connectivity index (χ0) is 20.9. The van der Waals surface area contributed by atoms with Crippen molar-refractivity contribution in [1.29, 1.82) is 0 Å². The van der Waals surface area contributed by atoms with Crippen LogP contribution in [0.5, 0.6) is 0 Å². The number of carbonyl (C=O) groups excluding carboxylic acids is 2. The molecule has 2 N–H and O–H groups in total. The number of rotatable bonds is 12. The summed E-state index contributed by atoms with van der Waals surface area (Å²) in [6.45, 7) is 6.11. The highest BCUT2D eigenvalue weighted by Gasteiger charge is 2.26. The molecule has 0 aromatic carbocycles. The zero-order valence-corrected chi connectivity index (χ0v) is 18.5. The second-order valence-corrected chi connectivity index (χ2v) is 8.69. The number of esters is 2. The average Bonchev–Trinajstić information content (AvgIpc) is 2.71. The molecule has 2 aliphatic rings. The van der Waals surface area contributed by atoms with E-state index in [1.807, 2.05) is 13.8 Å². The molecule has 0 aromatic heterocycles. The molecule has 2 aliphatic carbocycles. The first kappa shape index (κ1) is 24.1. The van der Waals surface area contributed by atoms with E-state index < -0.39 is 0 Å². The summed E-state index contributed by atoms with van der Waals surface area (Å²) in [5, 5.41) is 7.07. The second kappa shape index (κ2) is 14.0. The Morgan fingerprint density at radius 2 is 1.07 bits per heavy atom. The minimum Gasteiger partial charge on any atom is -0.466 e. The molecular weight excluding hydrogens is 368 g/mol. The smallest absolute Gasteiger partial charge is 0.307 e. The van der Waals surface area contributed by atoms with E-state index >= 15 is 0 Å². The lowest BCUT2D eigenvalue weighted by atomic mass is 9.75. The molecule has 0 atom stereocenters. The third kappa shape index (κ3) is 9.94. The summed E-state index contributed by atoms with van der Waals surface area (Å²) in [5.41, 5.74) is 0. The van der Waals surface area contributed by atoms with Crippen molar-refractivity contribution in [3.63, 3.8) is 0 Å². The van der Waals surface area contributed by atoms with Crippen molar-refractivity contribution in [2.24, 2.45) is 11.8 Å². The normalized spacial score (nSPS) is 27.4. The topological polar surface area (TPSA) is 76.7 Å². The van der Waals surface area contributed by atoms with Gasteiger partial charge in [0.15, 0.2) is 0 Å². The molecule has 6 heteroatoms. The number of hydrogen-bond donors (Lipinski definition) is 2. The van der Waals surface area contributed by atoms with Crippen molar-refractivity contribution >= 4 is 11.9 Å². The first-order valence-electron chi connectivity index (χ1n) is 11.9. The molecule has 0 heterocycles. The Kier molecular flexibility index (Phi) is 11.6. The quantitative estimate of drug-likeness (QED) is 0.479. The van der Waals surface area contributed by atoms with Gasteiger partial charge in [0.25, 0.3) is 0 Å². The maximum Gasteiger partial charge on any atom is 0.307 e. The van der Waals surface area contributed by atoms with E-state index in [9.17, 15) is 9.59 Å². The molecule has 29 heavy (non-hydrogen) atoms. The lowest BCUT2D eigenvalue weighted by Crippen LogP contribution is -2.36. The van der Waals surface area contributed by atoms with E-state index in [4.69, 9.17) is 9.47 Å². The van der Waals surface area contributed by atoms with Gasteiger partial charge < -0.3 is 20.1 Å². The molecule has 6 nitrogen and oxygen atoms in total. The molecule has 0 amide bonds. The fourth-order valence-electron chi connectivity index (χ4n) is 4.90. The highest BCUT2D eigenvalue weighted by atomic mass is 16.5. The Hall–Kier alpha value is -1.14. The molecule has 0 saturated heterocycles. The van der Waals surface area contributed by atoms with Crippen molar-refractivity contribution in [2.45, 2.75) is 96.6 Å². The lowest BCUT2D eigenvalue weighted by Gasteiger charge is -2.34. The highest BCUT2D eigenvalue weighted by molar-refractivity contribution is 5.69. The summed E-state index contributed by atoms with van der Waals surface area (Å²) in [6.07, 6.45) is 12.5. The molecule has 0 unspecified atom stereocenters. The summed E-state index contributed by atoms with van der Waals surface area (Å²) < 4.78 is 9.96. The first-order chi connectivity index (χ1) is 14.1. The fourth-order valence-corrected chi connectivity index (χ4v) is 4.90. The van der Waals surface area contributed by atoms with Crippen LogP contribution in [0.25, 0.3) is 0 Å². The van der Waals surface area contributed by atoms with E-state index in [0.29, 0.717) is 38.1 Å². The molecule has 0 radical (unpaired) electrons. The lowest BCUT2D eigenvalue weighted by molar-refractivity contribution is -0.143. The van der Waals surface area contributed by atoms with Crippen molar-refractivity contribution in [2.75, 3.05) is 26.3 Å². The Morgan fingerprint density at radius 3 is 1.41 bits per heavy atom. The maximum atomic E-state index is 11.4. The maximum absolute atomic E-state index is 11.4. The van der Waals surface area contributed by atoms with Gasteiger partial charge in [-0.2, -0.15) is 0 Å². The Balaban J connectivity index is 1.51. The summed E-state index contributed by atoms with van der Waals surface area (Å²) in [4.78, 5) is 22.8. The van der Waals surface area contributed by atoms with Crippen molar-refractivity contribution in [3.8, 4) is 0 Å². The second-order valence-electron chi connectivity index (χ2n) is 8.69. The Labute approximate surface area is 176 Å². The predicted molar refractivity (Wildman–Crippen MR) is 115 cm³/mol. The minimum absolute atomic E-state index is 0.0975. The van der Waals surface area contributed by atoms with E-state index in [0.717, 1.165) is 24.9 Å². The van der Waals surface area contributed by atoms with E-state index in [1.54, 1.807) is 0 Å². The van der Waals surface area contributed by atoms with Crippen molar-refractivity contribution < 1.29 is 19.1 Å². The average molecular weight is 411 g/mol. The van der Waals surface area contributed by atoms with Gasteiger partial charge in [0, 0.05) is 25.2 Å². The van der Waals surface area contributed by atoms with Crippen LogP contribution in [0.15, 0.2) is 0 Å². The summed E-state index contributed by atoms with van der Waals surface area (Å²) in [7, 11) is 0. The molecule has 0 spiro atoms. The van der Waals surface area contributed by atoms with Crippen LogP contribution < -0.4 is 10.6 Å². The summed E-state index contributed by atoms with van der Waals surface area (Å²) in [6, 6.07) is 1.14. The summed E-state index contributed by atoms with van der Waals surface area (Å²) >= 11 is 0. The van der Waals surface area contributed by atoms with Gasteiger partial charge in [-0.05, 0) is 83.5 Å². The van der Waals surface area contributed by atoms with Gasteiger partial charge in [-0.25, -0.2) is 0 Å². The molecule has 168 valence electrons. The van der Waals surface area contributed by atoms with Crippen LogP contribution in [-0.2, 0) is 19.1 Å². The van der Waals surface area contributed by atoms with Crippen LogP contribution in [0, 0.1) is 11.8 Å². The van der Waals surface area contributed by atoms with Gasteiger partial charge in [-0.3, -0.25) is 9.59 Å². The van der Waals surface area contributed by atoms with Crippen LogP contribution in [-0.4, -0.2) is 50.3 Å². The van der Waals surface area contributed by atoms with Crippen molar-refractivity contribution in [1.82, 2.24) is 10.6 Å².